The summed E-state index contributed by atoms with van der Waals surface area (Å²) in [5.41, 5.74) is 4.73. The van der Waals surface area contributed by atoms with Gasteiger partial charge >= 0.3 is 0 Å². The Morgan fingerprint density at radius 2 is 2.06 bits per heavy atom. The van der Waals surface area contributed by atoms with E-state index < -0.39 is 5.60 Å². The number of nitrogens with zero attached hydrogens (tertiary/aromatic N) is 5. The summed E-state index contributed by atoms with van der Waals surface area (Å²) in [6.07, 6.45) is 2.51. The van der Waals surface area contributed by atoms with Crippen molar-refractivity contribution in [1.82, 2.24) is 19.7 Å². The number of benzene rings is 1. The fourth-order valence-electron chi connectivity index (χ4n) is 5.02. The number of anilines is 1. The maximum Gasteiger partial charge on any atom is 0.207 e. The van der Waals surface area contributed by atoms with Crippen LogP contribution in [0.25, 0.3) is 22.2 Å². The van der Waals surface area contributed by atoms with E-state index in [1.807, 2.05) is 51.1 Å². The molecular formula is C24H25N5O3. The Morgan fingerprint density at radius 1 is 1.19 bits per heavy atom. The van der Waals surface area contributed by atoms with Crippen LogP contribution < -0.4 is 9.64 Å². The highest BCUT2D eigenvalue weighted by Crippen LogP contribution is 2.46. The molecule has 0 radical (unpaired) electrons. The lowest BCUT2D eigenvalue weighted by atomic mass is 10.0. The Labute approximate surface area is 185 Å². The maximum absolute atomic E-state index is 10.6. The van der Waals surface area contributed by atoms with Crippen LogP contribution in [0.4, 0.5) is 5.95 Å². The lowest BCUT2D eigenvalue weighted by molar-refractivity contribution is 0.0838. The predicted octanol–water partition coefficient (Wildman–Crippen LogP) is 3.65. The minimum Gasteiger partial charge on any atom is -0.488 e. The van der Waals surface area contributed by atoms with Gasteiger partial charge in [0.1, 0.15) is 23.9 Å². The molecule has 1 aromatic carbocycles. The fourth-order valence-corrected chi connectivity index (χ4v) is 5.02. The highest BCUT2D eigenvalue weighted by Gasteiger charge is 2.38. The SMILES string of the molecule is Cc1noc(C)c1-c1ccc2nc(N3CC[C@](C)(O)C3)n3c2c1OC[C@@H]3c1ccccn1. The summed E-state index contributed by atoms with van der Waals surface area (Å²) in [5, 5.41) is 14.7. The van der Waals surface area contributed by atoms with Crippen molar-refractivity contribution < 1.29 is 14.4 Å². The molecular weight excluding hydrogens is 406 g/mol. The normalized spacial score (nSPS) is 22.5. The standard InChI is InChI=1S/C24H25N5O3/c1-14-20(15(2)32-27-14)16-7-8-18-21-22(16)31-12-19(17-6-4-5-10-25-17)29(21)23(26-18)28-11-9-24(3,30)13-28/h4-8,10,19,30H,9,11-13H2,1-3H3/t19-,24+/m1/s1. The van der Waals surface area contributed by atoms with Crippen LogP contribution in [-0.2, 0) is 0 Å². The average molecular weight is 431 g/mol. The fraction of sp³-hybridized carbons (Fsp3) is 0.375. The van der Waals surface area contributed by atoms with Gasteiger partial charge < -0.3 is 19.3 Å². The van der Waals surface area contributed by atoms with Crippen molar-refractivity contribution >= 4 is 17.0 Å². The summed E-state index contributed by atoms with van der Waals surface area (Å²) in [6, 6.07) is 9.87. The summed E-state index contributed by atoms with van der Waals surface area (Å²) in [5.74, 6) is 2.39. The Kier molecular flexibility index (Phi) is 4.10. The van der Waals surface area contributed by atoms with E-state index in [1.54, 1.807) is 6.20 Å². The molecule has 0 bridgehead atoms. The molecule has 3 aromatic heterocycles. The van der Waals surface area contributed by atoms with Gasteiger partial charge in [-0.3, -0.25) is 9.55 Å². The molecule has 2 aliphatic heterocycles. The van der Waals surface area contributed by atoms with Crippen molar-refractivity contribution in [2.24, 2.45) is 0 Å². The first-order valence-corrected chi connectivity index (χ1v) is 10.9. The topological polar surface area (TPSA) is 89.4 Å². The van der Waals surface area contributed by atoms with Crippen molar-refractivity contribution in [3.05, 3.63) is 53.7 Å². The Balaban J connectivity index is 1.61. The molecule has 8 nitrogen and oxygen atoms in total. The van der Waals surface area contributed by atoms with E-state index in [2.05, 4.69) is 19.6 Å². The van der Waals surface area contributed by atoms with Crippen LogP contribution in [0.3, 0.4) is 0 Å². The van der Waals surface area contributed by atoms with E-state index in [4.69, 9.17) is 14.2 Å². The second kappa shape index (κ2) is 6.80. The van der Waals surface area contributed by atoms with Crippen molar-refractivity contribution in [3.8, 4) is 16.9 Å². The number of pyridine rings is 1. The van der Waals surface area contributed by atoms with Crippen LogP contribution in [0, 0.1) is 13.8 Å². The largest absolute Gasteiger partial charge is 0.488 e. The Bertz CT molecular complexity index is 1310. The van der Waals surface area contributed by atoms with Gasteiger partial charge in [0.25, 0.3) is 0 Å². The number of aromatic nitrogens is 4. The molecule has 0 unspecified atom stereocenters. The van der Waals surface area contributed by atoms with Crippen LogP contribution >= 0.6 is 0 Å². The zero-order valence-electron chi connectivity index (χ0n) is 18.4. The van der Waals surface area contributed by atoms with Gasteiger partial charge in [0.05, 0.1) is 28.1 Å². The van der Waals surface area contributed by atoms with Crippen molar-refractivity contribution in [3.63, 3.8) is 0 Å². The maximum atomic E-state index is 10.6. The third-order valence-corrected chi connectivity index (χ3v) is 6.55. The molecule has 0 amide bonds. The van der Waals surface area contributed by atoms with Gasteiger partial charge in [0.15, 0.2) is 5.75 Å². The highest BCUT2D eigenvalue weighted by molar-refractivity contribution is 5.94. The number of hydrogen-bond acceptors (Lipinski definition) is 7. The molecule has 6 rings (SSSR count). The van der Waals surface area contributed by atoms with Gasteiger partial charge in [-0.2, -0.15) is 0 Å². The summed E-state index contributed by atoms with van der Waals surface area (Å²) in [7, 11) is 0. The molecule has 8 heteroatoms. The zero-order chi connectivity index (χ0) is 22.0. The molecule has 32 heavy (non-hydrogen) atoms. The first kappa shape index (κ1) is 19.3. The number of aryl methyl sites for hydroxylation is 2. The van der Waals surface area contributed by atoms with Crippen LogP contribution in [0.5, 0.6) is 5.75 Å². The van der Waals surface area contributed by atoms with E-state index >= 15 is 0 Å². The van der Waals surface area contributed by atoms with Crippen LogP contribution in [-0.4, -0.2) is 50.1 Å². The van der Waals surface area contributed by atoms with Gasteiger partial charge in [-0.05, 0) is 51.5 Å². The van der Waals surface area contributed by atoms with E-state index in [0.29, 0.717) is 19.6 Å². The average Bonchev–Trinajstić information content (AvgIpc) is 3.45. The van der Waals surface area contributed by atoms with Gasteiger partial charge in [-0.1, -0.05) is 11.2 Å². The third-order valence-electron chi connectivity index (χ3n) is 6.55. The summed E-state index contributed by atoms with van der Waals surface area (Å²) >= 11 is 0. The molecule has 5 heterocycles. The van der Waals surface area contributed by atoms with Crippen LogP contribution in [0.15, 0.2) is 41.1 Å². The summed E-state index contributed by atoms with van der Waals surface area (Å²) in [4.78, 5) is 11.8. The molecule has 0 aliphatic carbocycles. The molecule has 2 atom stereocenters. The Hall–Kier alpha value is -3.39. The monoisotopic (exact) mass is 431 g/mol. The Morgan fingerprint density at radius 3 is 2.75 bits per heavy atom. The second-order valence-electron chi connectivity index (χ2n) is 9.04. The minimum absolute atomic E-state index is 0.117. The molecule has 2 aliphatic rings. The number of imidazole rings is 1. The lowest BCUT2D eigenvalue weighted by Gasteiger charge is -2.30. The smallest absolute Gasteiger partial charge is 0.207 e. The molecule has 1 fully saturated rings. The molecule has 0 saturated carbocycles. The third kappa shape index (κ3) is 2.82. The van der Waals surface area contributed by atoms with Crippen molar-refractivity contribution in [2.45, 2.75) is 38.8 Å². The lowest BCUT2D eigenvalue weighted by Crippen LogP contribution is -2.33. The van der Waals surface area contributed by atoms with Crippen molar-refractivity contribution in [2.75, 3.05) is 24.6 Å². The van der Waals surface area contributed by atoms with E-state index in [9.17, 15) is 5.11 Å². The first-order valence-electron chi connectivity index (χ1n) is 10.9. The van der Waals surface area contributed by atoms with Gasteiger partial charge in [-0.15, -0.1) is 0 Å². The molecule has 0 spiro atoms. The number of rotatable bonds is 3. The van der Waals surface area contributed by atoms with Gasteiger partial charge in [0.2, 0.25) is 5.95 Å². The predicted molar refractivity (Wildman–Crippen MR) is 120 cm³/mol. The summed E-state index contributed by atoms with van der Waals surface area (Å²) < 4.78 is 14.1. The molecule has 4 aromatic rings. The minimum atomic E-state index is -0.727. The van der Waals surface area contributed by atoms with E-state index in [0.717, 1.165) is 57.6 Å². The number of aliphatic hydroxyl groups is 1. The highest BCUT2D eigenvalue weighted by atomic mass is 16.5. The molecule has 1 N–H and O–H groups in total. The number of ether oxygens (including phenoxy) is 1. The second-order valence-corrected chi connectivity index (χ2v) is 9.04. The zero-order valence-corrected chi connectivity index (χ0v) is 18.4. The molecule has 164 valence electrons. The van der Waals surface area contributed by atoms with Crippen LogP contribution in [0.1, 0.15) is 36.5 Å². The van der Waals surface area contributed by atoms with Crippen molar-refractivity contribution in [1.29, 1.82) is 0 Å². The first-order chi connectivity index (χ1) is 15.4. The number of β-amino-alcohol motifs (C(OH)–C–C–N with tert-alkyl or cyclic N) is 1. The molecule has 1 saturated heterocycles. The van der Waals surface area contributed by atoms with E-state index in [-0.39, 0.29) is 6.04 Å². The van der Waals surface area contributed by atoms with Crippen LogP contribution in [0.2, 0.25) is 0 Å². The summed E-state index contributed by atoms with van der Waals surface area (Å²) in [6.45, 7) is 7.47. The van der Waals surface area contributed by atoms with E-state index in [1.165, 1.54) is 0 Å². The van der Waals surface area contributed by atoms with Gasteiger partial charge in [0, 0.05) is 24.8 Å². The van der Waals surface area contributed by atoms with Gasteiger partial charge in [-0.25, -0.2) is 4.98 Å². The number of hydrogen-bond donors (Lipinski definition) is 1. The quantitative estimate of drug-likeness (QED) is 0.530.